The van der Waals surface area contributed by atoms with Crippen molar-refractivity contribution in [3.05, 3.63) is 81.4 Å². The van der Waals surface area contributed by atoms with E-state index in [1.807, 2.05) is 45.2 Å². The van der Waals surface area contributed by atoms with Gasteiger partial charge in [-0.25, -0.2) is 4.98 Å². The van der Waals surface area contributed by atoms with Gasteiger partial charge in [-0.15, -0.1) is 0 Å². The van der Waals surface area contributed by atoms with E-state index in [-0.39, 0.29) is 0 Å². The van der Waals surface area contributed by atoms with Gasteiger partial charge in [0.1, 0.15) is 11.9 Å². The Kier molecular flexibility index (Phi) is 6.25. The minimum Gasteiger partial charge on any atom is -0.384 e. The van der Waals surface area contributed by atoms with Crippen LogP contribution in [-0.4, -0.2) is 25.7 Å². The first kappa shape index (κ1) is 22.9. The second-order valence-corrected chi connectivity index (χ2v) is 8.44. The molecule has 4 rings (SSSR count). The molecule has 0 saturated heterocycles. The summed E-state index contributed by atoms with van der Waals surface area (Å²) in [5, 5.41) is 18.2. The summed E-state index contributed by atoms with van der Waals surface area (Å²) in [5.41, 5.74) is 18.4. The highest BCUT2D eigenvalue weighted by atomic mass is 16.1. The lowest BCUT2D eigenvalue weighted by molar-refractivity contribution is 0.100. The molecule has 34 heavy (non-hydrogen) atoms. The van der Waals surface area contributed by atoms with Gasteiger partial charge in [-0.2, -0.15) is 10.4 Å². The average Bonchev–Trinajstić information content (AvgIpc) is 3.16. The molecule has 9 nitrogen and oxygen atoms in total. The quantitative estimate of drug-likeness (QED) is 0.389. The summed E-state index contributed by atoms with van der Waals surface area (Å²) < 4.78 is 1.70. The summed E-state index contributed by atoms with van der Waals surface area (Å²) >= 11 is 0. The Hall–Kier alpha value is -4.29. The molecule has 1 aromatic carbocycles. The molecule has 0 saturated carbocycles. The normalized spacial score (nSPS) is 11.0. The molecular weight excluding hydrogens is 428 g/mol. The molecule has 172 valence electrons. The van der Waals surface area contributed by atoms with E-state index in [1.165, 1.54) is 0 Å². The van der Waals surface area contributed by atoms with Gasteiger partial charge in [0, 0.05) is 42.1 Å². The third kappa shape index (κ3) is 4.72. The molecule has 0 atom stereocenters. The lowest BCUT2D eigenvalue weighted by Crippen LogP contribution is -2.16. The molecular formula is C25H26N8O. The number of amides is 1. The van der Waals surface area contributed by atoms with Gasteiger partial charge in [0.2, 0.25) is 0 Å². The summed E-state index contributed by atoms with van der Waals surface area (Å²) in [7, 11) is 0. The standard InChI is InChI=1S/C25H26N8O/c1-14-4-18-6-17(7-20(25(28)34)24(18)30-9-14)12-33-13-19(22(8-26)32-33)10-29-11-21-15(2)5-23(27)31-16(21)3/h4-7,9,13,29H,10-12H2,1-3H3,(H2,27,31)(H2,28,34). The Morgan fingerprint density at radius 1 is 1.18 bits per heavy atom. The highest BCUT2D eigenvalue weighted by Crippen LogP contribution is 2.21. The number of hydrogen-bond acceptors (Lipinski definition) is 7. The highest BCUT2D eigenvalue weighted by molar-refractivity contribution is 6.05. The van der Waals surface area contributed by atoms with Crippen LogP contribution in [-0.2, 0) is 19.6 Å². The second-order valence-electron chi connectivity index (χ2n) is 8.44. The number of nitriles is 1. The Morgan fingerprint density at radius 3 is 2.68 bits per heavy atom. The third-order valence-corrected chi connectivity index (χ3v) is 5.72. The zero-order valence-electron chi connectivity index (χ0n) is 19.4. The first-order valence-electron chi connectivity index (χ1n) is 10.8. The van der Waals surface area contributed by atoms with Crippen LogP contribution in [0.3, 0.4) is 0 Å². The number of carbonyl (C=O) groups excluding carboxylic acids is 1. The van der Waals surface area contributed by atoms with E-state index in [0.717, 1.165) is 38.9 Å². The number of benzene rings is 1. The van der Waals surface area contributed by atoms with Crippen LogP contribution < -0.4 is 16.8 Å². The molecule has 0 unspecified atom stereocenters. The van der Waals surface area contributed by atoms with Crippen molar-refractivity contribution in [1.82, 2.24) is 25.1 Å². The number of aryl methyl sites for hydroxylation is 3. The van der Waals surface area contributed by atoms with E-state index in [1.54, 1.807) is 16.9 Å². The lowest BCUT2D eigenvalue weighted by Gasteiger charge is -2.11. The van der Waals surface area contributed by atoms with Gasteiger partial charge >= 0.3 is 0 Å². The summed E-state index contributed by atoms with van der Waals surface area (Å²) in [6.07, 6.45) is 3.55. The number of nitrogens with two attached hydrogens (primary N) is 2. The van der Waals surface area contributed by atoms with Gasteiger partial charge in [-0.3, -0.25) is 14.5 Å². The number of aromatic nitrogens is 4. The predicted octanol–water partition coefficient (Wildman–Crippen LogP) is 2.64. The Balaban J connectivity index is 1.55. The summed E-state index contributed by atoms with van der Waals surface area (Å²) in [5.74, 6) is -0.0278. The third-order valence-electron chi connectivity index (χ3n) is 5.72. The number of nitrogens with one attached hydrogen (secondary N) is 1. The first-order valence-corrected chi connectivity index (χ1v) is 10.8. The van der Waals surface area contributed by atoms with E-state index in [2.05, 4.69) is 26.5 Å². The van der Waals surface area contributed by atoms with E-state index in [4.69, 9.17) is 11.5 Å². The largest absolute Gasteiger partial charge is 0.384 e. The summed E-state index contributed by atoms with van der Waals surface area (Å²) in [6.45, 7) is 7.33. The number of nitrogens with zero attached hydrogens (tertiary/aromatic N) is 5. The smallest absolute Gasteiger partial charge is 0.250 e. The van der Waals surface area contributed by atoms with Gasteiger partial charge in [-0.05, 0) is 67.3 Å². The SMILES string of the molecule is Cc1cnc2c(C(N)=O)cc(Cn3cc(CNCc4c(C)cc(N)nc4C)c(C#N)n3)cc2c1. The van der Waals surface area contributed by atoms with Crippen molar-refractivity contribution in [2.75, 3.05) is 5.73 Å². The number of primary amides is 1. The molecule has 3 aromatic heterocycles. The fraction of sp³-hybridized carbons (Fsp3) is 0.240. The fourth-order valence-electron chi connectivity index (χ4n) is 4.13. The fourth-order valence-corrected chi connectivity index (χ4v) is 4.13. The average molecular weight is 455 g/mol. The molecule has 0 radical (unpaired) electrons. The number of carbonyl (C=O) groups is 1. The zero-order chi connectivity index (χ0) is 24.4. The number of fused-ring (bicyclic) bond motifs is 1. The Bertz CT molecular complexity index is 1420. The van der Waals surface area contributed by atoms with E-state index < -0.39 is 5.91 Å². The second kappa shape index (κ2) is 9.29. The predicted molar refractivity (Wildman–Crippen MR) is 130 cm³/mol. The van der Waals surface area contributed by atoms with Crippen molar-refractivity contribution in [3.8, 4) is 6.07 Å². The van der Waals surface area contributed by atoms with Crippen LogP contribution in [0, 0.1) is 32.1 Å². The van der Waals surface area contributed by atoms with Crippen molar-refractivity contribution < 1.29 is 4.79 Å². The van der Waals surface area contributed by atoms with Crippen molar-refractivity contribution >= 4 is 22.6 Å². The number of hydrogen-bond donors (Lipinski definition) is 3. The molecule has 0 aliphatic heterocycles. The highest BCUT2D eigenvalue weighted by Gasteiger charge is 2.14. The minimum atomic E-state index is -0.533. The zero-order valence-corrected chi connectivity index (χ0v) is 19.4. The van der Waals surface area contributed by atoms with Crippen LogP contribution in [0.15, 0.2) is 36.7 Å². The topological polar surface area (TPSA) is 149 Å². The van der Waals surface area contributed by atoms with Crippen LogP contribution in [0.2, 0.25) is 0 Å². The van der Waals surface area contributed by atoms with Crippen LogP contribution in [0.4, 0.5) is 5.82 Å². The number of rotatable bonds is 7. The molecule has 1 amide bonds. The molecule has 0 bridgehead atoms. The van der Waals surface area contributed by atoms with Gasteiger partial charge in [0.25, 0.3) is 5.91 Å². The van der Waals surface area contributed by atoms with Crippen LogP contribution in [0.1, 0.15) is 49.6 Å². The maximum atomic E-state index is 12.0. The number of nitrogen functional groups attached to an aromatic ring is 1. The first-order chi connectivity index (χ1) is 16.2. The summed E-state index contributed by atoms with van der Waals surface area (Å²) in [6, 6.07) is 9.68. The molecule has 3 heterocycles. The molecule has 9 heteroatoms. The van der Waals surface area contributed by atoms with Gasteiger partial charge < -0.3 is 16.8 Å². The van der Waals surface area contributed by atoms with E-state index >= 15 is 0 Å². The van der Waals surface area contributed by atoms with E-state index in [0.29, 0.717) is 42.2 Å². The monoisotopic (exact) mass is 454 g/mol. The van der Waals surface area contributed by atoms with Crippen molar-refractivity contribution in [2.24, 2.45) is 5.73 Å². The molecule has 5 N–H and O–H groups in total. The van der Waals surface area contributed by atoms with Crippen molar-refractivity contribution in [1.29, 1.82) is 5.26 Å². The number of anilines is 1. The Labute approximate surface area is 197 Å². The van der Waals surface area contributed by atoms with Crippen molar-refractivity contribution in [3.63, 3.8) is 0 Å². The lowest BCUT2D eigenvalue weighted by atomic mass is 10.0. The maximum Gasteiger partial charge on any atom is 0.250 e. The Morgan fingerprint density at radius 2 is 1.97 bits per heavy atom. The molecule has 4 aromatic rings. The number of pyridine rings is 2. The molecule has 0 fully saturated rings. The minimum absolute atomic E-state index is 0.352. The molecule has 0 aliphatic carbocycles. The maximum absolute atomic E-state index is 12.0. The van der Waals surface area contributed by atoms with E-state index in [9.17, 15) is 10.1 Å². The van der Waals surface area contributed by atoms with Gasteiger partial charge in [0.15, 0.2) is 5.69 Å². The van der Waals surface area contributed by atoms with Gasteiger partial charge in [-0.1, -0.05) is 0 Å². The summed E-state index contributed by atoms with van der Waals surface area (Å²) in [4.78, 5) is 20.7. The van der Waals surface area contributed by atoms with Crippen LogP contribution in [0.5, 0.6) is 0 Å². The van der Waals surface area contributed by atoms with Gasteiger partial charge in [0.05, 0.1) is 17.6 Å². The molecule has 0 spiro atoms. The van der Waals surface area contributed by atoms with Crippen LogP contribution in [0.25, 0.3) is 10.9 Å². The molecule has 0 aliphatic rings. The van der Waals surface area contributed by atoms with Crippen molar-refractivity contribution in [2.45, 2.75) is 40.4 Å². The van der Waals surface area contributed by atoms with Crippen LogP contribution >= 0.6 is 0 Å².